The van der Waals surface area contributed by atoms with E-state index in [2.05, 4.69) is 5.32 Å². The van der Waals surface area contributed by atoms with Gasteiger partial charge in [-0.25, -0.2) is 0 Å². The molecule has 0 fully saturated rings. The fraction of sp³-hybridized carbons (Fsp3) is 0.0769. The Morgan fingerprint density at radius 2 is 1.90 bits per heavy atom. The molecule has 1 aliphatic heterocycles. The van der Waals surface area contributed by atoms with E-state index in [4.69, 9.17) is 22.1 Å². The van der Waals surface area contributed by atoms with E-state index in [9.17, 15) is 13.2 Å². The van der Waals surface area contributed by atoms with Crippen LogP contribution in [0.1, 0.15) is 5.56 Å². The number of ether oxygens (including phenoxy) is 1. The molecule has 0 aliphatic carbocycles. The van der Waals surface area contributed by atoms with E-state index in [1.165, 1.54) is 18.5 Å². The third-order valence-corrected chi connectivity index (χ3v) is 2.65. The number of nitrogens with one attached hydrogen (secondary N) is 1. The van der Waals surface area contributed by atoms with Gasteiger partial charge in [0.1, 0.15) is 11.5 Å². The van der Waals surface area contributed by atoms with Gasteiger partial charge in [-0.1, -0.05) is 11.6 Å². The minimum Gasteiger partial charge on any atom is -0.454 e. The van der Waals surface area contributed by atoms with Crippen LogP contribution in [0.15, 0.2) is 53.5 Å². The average Bonchev–Trinajstić information content (AvgIpc) is 2.56. The molecule has 2 rings (SSSR count). The van der Waals surface area contributed by atoms with Gasteiger partial charge in [-0.3, -0.25) is 0 Å². The fourth-order valence-electron chi connectivity index (χ4n) is 1.47. The predicted octanol–water partition coefficient (Wildman–Crippen LogP) is 3.75. The fourth-order valence-corrected chi connectivity index (χ4v) is 1.60. The van der Waals surface area contributed by atoms with Gasteiger partial charge in [0.2, 0.25) is 0 Å². The number of nitrogen functional groups attached to an aromatic ring is 1. The molecule has 0 aromatic heterocycles. The first-order valence-corrected chi connectivity index (χ1v) is 5.88. The summed E-state index contributed by atoms with van der Waals surface area (Å²) in [5.41, 5.74) is 4.64. The molecule has 1 heterocycles. The van der Waals surface area contributed by atoms with Crippen LogP contribution in [0.25, 0.3) is 0 Å². The highest BCUT2D eigenvalue weighted by molar-refractivity contribution is 6.31. The Morgan fingerprint density at radius 1 is 1.15 bits per heavy atom. The Kier molecular flexibility index (Phi) is 3.94. The van der Waals surface area contributed by atoms with Crippen molar-refractivity contribution < 1.29 is 17.9 Å². The van der Waals surface area contributed by atoms with Crippen molar-refractivity contribution in [1.82, 2.24) is 5.32 Å². The van der Waals surface area contributed by atoms with Crippen molar-refractivity contribution in [2.24, 2.45) is 0 Å². The topological polar surface area (TPSA) is 47.3 Å². The zero-order valence-electron chi connectivity index (χ0n) is 10.0. The van der Waals surface area contributed by atoms with Crippen LogP contribution >= 0.6 is 11.6 Å². The second-order valence-electron chi connectivity index (χ2n) is 3.93. The van der Waals surface area contributed by atoms with E-state index in [1.54, 1.807) is 12.2 Å². The normalized spacial score (nSPS) is 15.0. The minimum absolute atomic E-state index is 0.0996. The quantitative estimate of drug-likeness (QED) is 0.818. The maximum atomic E-state index is 12.5. The highest BCUT2D eigenvalue weighted by Crippen LogP contribution is 2.34. The number of halogens is 4. The summed E-state index contributed by atoms with van der Waals surface area (Å²) >= 11 is 5.76. The number of nitrogens with two attached hydrogens (primary N) is 1. The SMILES string of the molecule is Nc1cc(C(F)(F)F)ccc1OC1=CNC=C(Cl)C=C1. The van der Waals surface area contributed by atoms with Crippen LogP contribution in [-0.4, -0.2) is 0 Å². The van der Waals surface area contributed by atoms with Gasteiger partial charge >= 0.3 is 6.18 Å². The van der Waals surface area contributed by atoms with Crippen molar-refractivity contribution in [2.45, 2.75) is 6.18 Å². The Morgan fingerprint density at radius 3 is 2.55 bits per heavy atom. The molecule has 0 saturated carbocycles. The number of hydrogen-bond acceptors (Lipinski definition) is 3. The van der Waals surface area contributed by atoms with Crippen molar-refractivity contribution in [1.29, 1.82) is 0 Å². The maximum Gasteiger partial charge on any atom is 0.416 e. The van der Waals surface area contributed by atoms with Gasteiger partial charge < -0.3 is 15.8 Å². The number of allylic oxidation sites excluding steroid dienone is 3. The molecule has 1 aromatic carbocycles. The Bertz CT molecular complexity index is 606. The molecule has 0 spiro atoms. The summed E-state index contributed by atoms with van der Waals surface area (Å²) in [5, 5.41) is 3.22. The first-order chi connectivity index (χ1) is 9.36. The predicted molar refractivity (Wildman–Crippen MR) is 70.8 cm³/mol. The lowest BCUT2D eigenvalue weighted by Crippen LogP contribution is -2.07. The van der Waals surface area contributed by atoms with Crippen molar-refractivity contribution in [2.75, 3.05) is 5.73 Å². The molecule has 0 amide bonds. The molecule has 3 nitrogen and oxygen atoms in total. The lowest BCUT2D eigenvalue weighted by Gasteiger charge is -2.12. The number of benzene rings is 1. The summed E-state index contributed by atoms with van der Waals surface area (Å²) in [6.45, 7) is 0. The molecular formula is C13H10ClF3N2O. The number of alkyl halides is 3. The highest BCUT2D eigenvalue weighted by Gasteiger charge is 2.31. The van der Waals surface area contributed by atoms with E-state index in [0.29, 0.717) is 10.8 Å². The summed E-state index contributed by atoms with van der Waals surface area (Å²) in [5.74, 6) is 0.497. The van der Waals surface area contributed by atoms with Crippen molar-refractivity contribution in [3.63, 3.8) is 0 Å². The summed E-state index contributed by atoms with van der Waals surface area (Å²) in [6, 6.07) is 2.91. The summed E-state index contributed by atoms with van der Waals surface area (Å²) < 4.78 is 42.9. The van der Waals surface area contributed by atoms with Gasteiger partial charge in [0, 0.05) is 12.4 Å². The lowest BCUT2D eigenvalue weighted by molar-refractivity contribution is -0.137. The smallest absolute Gasteiger partial charge is 0.416 e. The van der Waals surface area contributed by atoms with Crippen LogP contribution in [0.2, 0.25) is 0 Å². The molecule has 0 unspecified atom stereocenters. The molecule has 1 aromatic rings. The van der Waals surface area contributed by atoms with Crippen molar-refractivity contribution in [3.8, 4) is 5.75 Å². The van der Waals surface area contributed by atoms with Gasteiger partial charge in [-0.15, -0.1) is 0 Å². The van der Waals surface area contributed by atoms with E-state index in [1.807, 2.05) is 0 Å². The minimum atomic E-state index is -4.44. The van der Waals surface area contributed by atoms with Crippen LogP contribution < -0.4 is 15.8 Å². The Hall–Kier alpha value is -2.08. The van der Waals surface area contributed by atoms with Crippen molar-refractivity contribution in [3.05, 3.63) is 59.1 Å². The van der Waals surface area contributed by atoms with Gasteiger partial charge in [-0.05, 0) is 30.4 Å². The van der Waals surface area contributed by atoms with Crippen LogP contribution in [0.3, 0.4) is 0 Å². The Balaban J connectivity index is 2.19. The van der Waals surface area contributed by atoms with Crippen LogP contribution in [0.5, 0.6) is 5.75 Å². The summed E-state index contributed by atoms with van der Waals surface area (Å²) in [6.07, 6.45) is 1.74. The second kappa shape index (κ2) is 5.50. The zero-order chi connectivity index (χ0) is 14.8. The summed E-state index contributed by atoms with van der Waals surface area (Å²) in [7, 11) is 0. The zero-order valence-corrected chi connectivity index (χ0v) is 10.8. The molecule has 0 bridgehead atoms. The molecular weight excluding hydrogens is 293 g/mol. The van der Waals surface area contributed by atoms with Crippen LogP contribution in [0, 0.1) is 0 Å². The molecule has 106 valence electrons. The molecule has 7 heteroatoms. The third-order valence-electron chi connectivity index (χ3n) is 2.42. The molecule has 1 aliphatic rings. The van der Waals surface area contributed by atoms with Gasteiger partial charge in [0.15, 0.2) is 0 Å². The van der Waals surface area contributed by atoms with Crippen molar-refractivity contribution >= 4 is 17.3 Å². The first-order valence-electron chi connectivity index (χ1n) is 5.51. The number of rotatable bonds is 2. The van der Waals surface area contributed by atoms with E-state index < -0.39 is 11.7 Å². The van der Waals surface area contributed by atoms with E-state index in [-0.39, 0.29) is 11.4 Å². The van der Waals surface area contributed by atoms with Crippen LogP contribution in [0.4, 0.5) is 18.9 Å². The van der Waals surface area contributed by atoms with Gasteiger partial charge in [0.25, 0.3) is 0 Å². The molecule has 20 heavy (non-hydrogen) atoms. The third kappa shape index (κ3) is 3.48. The first kappa shape index (κ1) is 14.3. The maximum absolute atomic E-state index is 12.5. The molecule has 0 atom stereocenters. The van der Waals surface area contributed by atoms with Gasteiger partial charge in [0.05, 0.1) is 16.3 Å². The number of hydrogen-bond donors (Lipinski definition) is 2. The summed E-state index contributed by atoms with van der Waals surface area (Å²) in [4.78, 5) is 0. The molecule has 0 saturated heterocycles. The molecule has 3 N–H and O–H groups in total. The number of anilines is 1. The van der Waals surface area contributed by atoms with E-state index >= 15 is 0 Å². The van der Waals surface area contributed by atoms with Crippen LogP contribution in [-0.2, 0) is 6.18 Å². The monoisotopic (exact) mass is 302 g/mol. The van der Waals surface area contributed by atoms with Gasteiger partial charge in [-0.2, -0.15) is 13.2 Å². The second-order valence-corrected chi connectivity index (χ2v) is 4.36. The highest BCUT2D eigenvalue weighted by atomic mass is 35.5. The largest absolute Gasteiger partial charge is 0.454 e. The Labute approximate surface area is 118 Å². The molecule has 0 radical (unpaired) electrons. The average molecular weight is 303 g/mol. The standard InChI is InChI=1S/C13H10ClF3N2O/c14-9-2-3-10(7-19-6-9)20-12-4-1-8(5-11(12)18)13(15,16)17/h1-7,19H,18H2. The van der Waals surface area contributed by atoms with E-state index in [0.717, 1.165) is 12.1 Å². The lowest BCUT2D eigenvalue weighted by atomic mass is 10.2.